The molecular formula is C9H11FIN2O8P. The van der Waals surface area contributed by atoms with Crippen molar-refractivity contribution in [1.82, 2.24) is 9.55 Å². The third-order valence-electron chi connectivity index (χ3n) is 2.93. The van der Waals surface area contributed by atoms with Gasteiger partial charge in [-0.25, -0.2) is 9.36 Å². The smallest absolute Gasteiger partial charge is 0.390 e. The zero-order valence-corrected chi connectivity index (χ0v) is 13.7. The average Bonchev–Trinajstić information content (AvgIpc) is 2.74. The standard InChI is InChI=1S/C9H11FIN2O8P/c10-6-7(11)13(9(16)12-8(6)15)5-1-3(14)4(21-5)2-20-22(17,18)19/h3-5,14H,1-2H2,(H,12,15,16)(H2,17,18,19)/t3-,4+,5+/m0/s1. The molecule has 1 aromatic rings. The van der Waals surface area contributed by atoms with Crippen molar-refractivity contribution < 1.29 is 33.1 Å². The average molecular weight is 452 g/mol. The van der Waals surface area contributed by atoms with Crippen LogP contribution in [0.5, 0.6) is 0 Å². The van der Waals surface area contributed by atoms with Gasteiger partial charge in [-0.05, 0) is 22.6 Å². The van der Waals surface area contributed by atoms with Crippen LogP contribution in [-0.4, -0.2) is 43.3 Å². The summed E-state index contributed by atoms with van der Waals surface area (Å²) in [6.07, 6.45) is -3.55. The van der Waals surface area contributed by atoms with Crippen LogP contribution in [0.15, 0.2) is 9.59 Å². The maximum atomic E-state index is 13.6. The molecule has 1 fully saturated rings. The van der Waals surface area contributed by atoms with Crippen LogP contribution in [0.3, 0.4) is 0 Å². The van der Waals surface area contributed by atoms with E-state index in [9.17, 15) is 23.7 Å². The lowest BCUT2D eigenvalue weighted by Gasteiger charge is -2.17. The highest BCUT2D eigenvalue weighted by Crippen LogP contribution is 2.38. The topological polar surface area (TPSA) is 151 Å². The molecule has 1 aliphatic heterocycles. The molecule has 0 unspecified atom stereocenters. The van der Waals surface area contributed by atoms with E-state index in [1.54, 1.807) is 4.98 Å². The van der Waals surface area contributed by atoms with E-state index in [1.807, 2.05) is 0 Å². The van der Waals surface area contributed by atoms with Crippen molar-refractivity contribution in [3.63, 3.8) is 0 Å². The molecule has 0 saturated carbocycles. The van der Waals surface area contributed by atoms with E-state index in [4.69, 9.17) is 14.5 Å². The number of nitrogens with one attached hydrogen (secondary N) is 1. The fourth-order valence-corrected chi connectivity index (χ4v) is 3.07. The van der Waals surface area contributed by atoms with Crippen molar-refractivity contribution in [2.45, 2.75) is 24.9 Å². The van der Waals surface area contributed by atoms with Crippen molar-refractivity contribution >= 4 is 30.4 Å². The summed E-state index contributed by atoms with van der Waals surface area (Å²) in [5.41, 5.74) is -2.10. The normalized spacial score (nSPS) is 25.6. The molecular weight excluding hydrogens is 441 g/mol. The Morgan fingerprint density at radius 2 is 2.14 bits per heavy atom. The molecule has 1 aliphatic rings. The van der Waals surface area contributed by atoms with E-state index < -0.39 is 49.9 Å². The lowest BCUT2D eigenvalue weighted by Crippen LogP contribution is -2.37. The first-order chi connectivity index (χ1) is 10.1. The van der Waals surface area contributed by atoms with E-state index >= 15 is 0 Å². The number of aliphatic hydroxyl groups is 1. The molecule has 124 valence electrons. The lowest BCUT2D eigenvalue weighted by molar-refractivity contribution is -0.0463. The second-order valence-electron chi connectivity index (χ2n) is 4.45. The number of hydrogen-bond acceptors (Lipinski definition) is 6. The fourth-order valence-electron chi connectivity index (χ4n) is 1.95. The van der Waals surface area contributed by atoms with Crippen LogP contribution in [0.1, 0.15) is 12.6 Å². The number of hydrogen-bond donors (Lipinski definition) is 4. The summed E-state index contributed by atoms with van der Waals surface area (Å²) in [6, 6.07) is 0. The summed E-state index contributed by atoms with van der Waals surface area (Å²) < 4.78 is 34.2. The second-order valence-corrected chi connectivity index (χ2v) is 6.71. The monoisotopic (exact) mass is 452 g/mol. The molecule has 1 aromatic heterocycles. The number of halogens is 2. The number of H-pyrrole nitrogens is 1. The predicted molar refractivity (Wildman–Crippen MR) is 76.5 cm³/mol. The maximum absolute atomic E-state index is 13.6. The molecule has 0 amide bonds. The Morgan fingerprint density at radius 1 is 1.50 bits per heavy atom. The lowest BCUT2D eigenvalue weighted by atomic mass is 10.2. The number of nitrogens with zero attached hydrogens (tertiary/aromatic N) is 1. The number of aliphatic hydroxyl groups excluding tert-OH is 1. The van der Waals surface area contributed by atoms with E-state index in [0.717, 1.165) is 4.57 Å². The van der Waals surface area contributed by atoms with Crippen LogP contribution in [-0.2, 0) is 13.8 Å². The highest BCUT2D eigenvalue weighted by molar-refractivity contribution is 14.1. The minimum Gasteiger partial charge on any atom is -0.390 e. The number of rotatable bonds is 4. The number of aromatic amines is 1. The van der Waals surface area contributed by atoms with Gasteiger partial charge in [0.05, 0.1) is 12.7 Å². The third-order valence-corrected chi connectivity index (χ3v) is 4.41. The van der Waals surface area contributed by atoms with E-state index in [1.165, 1.54) is 22.6 Å². The number of phosphoric acid groups is 1. The van der Waals surface area contributed by atoms with Gasteiger partial charge in [0.2, 0.25) is 5.82 Å². The van der Waals surface area contributed by atoms with Gasteiger partial charge in [0.25, 0.3) is 5.56 Å². The number of ether oxygens (including phenoxy) is 1. The first-order valence-corrected chi connectivity index (χ1v) is 8.44. The fraction of sp³-hybridized carbons (Fsp3) is 0.556. The summed E-state index contributed by atoms with van der Waals surface area (Å²) in [6.45, 7) is -0.612. The molecule has 2 rings (SSSR count). The Bertz CT molecular complexity index is 729. The molecule has 0 aliphatic carbocycles. The molecule has 0 radical (unpaired) electrons. The van der Waals surface area contributed by atoms with Gasteiger partial charge >= 0.3 is 13.5 Å². The van der Waals surface area contributed by atoms with E-state index in [-0.39, 0.29) is 10.1 Å². The molecule has 13 heteroatoms. The molecule has 0 aromatic carbocycles. The van der Waals surface area contributed by atoms with Gasteiger partial charge in [-0.1, -0.05) is 0 Å². The molecule has 1 saturated heterocycles. The summed E-state index contributed by atoms with van der Waals surface area (Å²) in [5, 5.41) is 9.78. The zero-order chi connectivity index (χ0) is 16.7. The van der Waals surface area contributed by atoms with E-state index in [2.05, 4.69) is 4.52 Å². The molecule has 2 heterocycles. The Hall–Kier alpha value is -0.630. The van der Waals surface area contributed by atoms with Gasteiger partial charge in [-0.2, -0.15) is 4.39 Å². The second kappa shape index (κ2) is 6.47. The van der Waals surface area contributed by atoms with Gasteiger partial charge in [0.1, 0.15) is 16.0 Å². The Morgan fingerprint density at radius 3 is 2.73 bits per heavy atom. The van der Waals surface area contributed by atoms with Gasteiger partial charge < -0.3 is 19.6 Å². The Balaban J connectivity index is 2.23. The summed E-state index contributed by atoms with van der Waals surface area (Å²) >= 11 is 1.44. The molecule has 4 N–H and O–H groups in total. The highest BCUT2D eigenvalue weighted by atomic mass is 127. The maximum Gasteiger partial charge on any atom is 0.469 e. The highest BCUT2D eigenvalue weighted by Gasteiger charge is 2.38. The van der Waals surface area contributed by atoms with Gasteiger partial charge in [-0.3, -0.25) is 18.9 Å². The van der Waals surface area contributed by atoms with E-state index in [0.29, 0.717) is 0 Å². The number of phosphoric ester groups is 1. The summed E-state index contributed by atoms with van der Waals surface area (Å²) in [7, 11) is -4.74. The Labute approximate surface area is 135 Å². The quantitative estimate of drug-likeness (QED) is 0.259. The molecule has 3 atom stereocenters. The van der Waals surface area contributed by atoms with Crippen LogP contribution in [0.2, 0.25) is 0 Å². The van der Waals surface area contributed by atoms with Crippen molar-refractivity contribution in [2.75, 3.05) is 6.61 Å². The first kappa shape index (κ1) is 17.7. The largest absolute Gasteiger partial charge is 0.469 e. The summed E-state index contributed by atoms with van der Waals surface area (Å²) in [4.78, 5) is 41.9. The zero-order valence-electron chi connectivity index (χ0n) is 10.7. The van der Waals surface area contributed by atoms with Crippen molar-refractivity contribution in [3.05, 3.63) is 30.4 Å². The van der Waals surface area contributed by atoms with Crippen LogP contribution < -0.4 is 11.2 Å². The van der Waals surface area contributed by atoms with Crippen LogP contribution >= 0.6 is 30.4 Å². The Kier molecular flexibility index (Phi) is 5.21. The van der Waals surface area contributed by atoms with Crippen molar-refractivity contribution in [2.24, 2.45) is 0 Å². The number of aromatic nitrogens is 2. The van der Waals surface area contributed by atoms with Crippen molar-refractivity contribution in [1.29, 1.82) is 0 Å². The van der Waals surface area contributed by atoms with Gasteiger partial charge in [0.15, 0.2) is 0 Å². The van der Waals surface area contributed by atoms with Gasteiger partial charge in [0, 0.05) is 6.42 Å². The van der Waals surface area contributed by atoms with Crippen LogP contribution in [0.4, 0.5) is 4.39 Å². The van der Waals surface area contributed by atoms with Gasteiger partial charge in [-0.15, -0.1) is 0 Å². The first-order valence-electron chi connectivity index (χ1n) is 5.83. The minimum atomic E-state index is -4.74. The molecule has 22 heavy (non-hydrogen) atoms. The molecule has 0 spiro atoms. The third kappa shape index (κ3) is 3.82. The van der Waals surface area contributed by atoms with Crippen molar-refractivity contribution in [3.8, 4) is 0 Å². The molecule has 0 bridgehead atoms. The predicted octanol–water partition coefficient (Wildman–Crippen LogP) is -0.962. The minimum absolute atomic E-state index is 0.142. The molecule has 10 nitrogen and oxygen atoms in total. The summed E-state index contributed by atoms with van der Waals surface area (Å²) in [5.74, 6) is -1.17. The van der Waals surface area contributed by atoms with Crippen LogP contribution in [0.25, 0.3) is 0 Å². The SMILES string of the molecule is O=c1[nH]c(=O)n([C@H]2C[C@H](O)[C@@H](COP(=O)(O)O)O2)c(I)c1F. The van der Waals surface area contributed by atoms with Crippen LogP contribution in [0, 0.1) is 9.52 Å².